The number of nitrogen functional groups attached to an aromatic ring is 1. The van der Waals surface area contributed by atoms with E-state index >= 15 is 0 Å². The fraction of sp³-hybridized carbons (Fsp3) is 0.133. The van der Waals surface area contributed by atoms with Crippen LogP contribution in [0.1, 0.15) is 6.92 Å². The second-order valence-corrected chi connectivity index (χ2v) is 3.54. The molecule has 2 aliphatic rings. The molecule has 3 nitrogen and oxygen atoms in total. The third-order valence-corrected chi connectivity index (χ3v) is 2.25. The Balaban J connectivity index is 0.000000137. The number of carbonyl (C=O) groups is 1. The van der Waals surface area contributed by atoms with Gasteiger partial charge in [-0.05, 0) is 30.2 Å². The molecule has 0 unspecified atom stereocenters. The molecule has 0 amide bonds. The summed E-state index contributed by atoms with van der Waals surface area (Å²) < 4.78 is 4.15. The first kappa shape index (κ1) is 13.8. The zero-order valence-electron chi connectivity index (χ0n) is 10.4. The predicted octanol–water partition coefficient (Wildman–Crippen LogP) is 3.12. The molecule has 18 heavy (non-hydrogen) atoms. The van der Waals surface area contributed by atoms with Gasteiger partial charge in [0.1, 0.15) is 0 Å². The Morgan fingerprint density at radius 3 is 1.61 bits per heavy atom. The van der Waals surface area contributed by atoms with Crippen LogP contribution in [0.3, 0.4) is 0 Å². The van der Waals surface area contributed by atoms with E-state index in [0.29, 0.717) is 13.1 Å². The fourth-order valence-corrected chi connectivity index (χ4v) is 1.18. The first-order chi connectivity index (χ1) is 8.77. The van der Waals surface area contributed by atoms with Crippen LogP contribution < -0.4 is 5.73 Å². The number of carbonyl (C=O) groups excluding carboxylic acids is 1. The van der Waals surface area contributed by atoms with Gasteiger partial charge >= 0.3 is 0 Å². The number of fused-ring (bicyclic) bond motifs is 1. The molecule has 2 N–H and O–H groups in total. The van der Waals surface area contributed by atoms with E-state index < -0.39 is 0 Å². The number of anilines is 1. The summed E-state index contributed by atoms with van der Waals surface area (Å²) in [5, 5.41) is 0. The topological polar surface area (TPSA) is 52.3 Å². The summed E-state index contributed by atoms with van der Waals surface area (Å²) >= 11 is 0. The summed E-state index contributed by atoms with van der Waals surface area (Å²) in [6.07, 6.45) is 0. The maximum atomic E-state index is 9.18. The SMILES string of the molecule is CCOC=O.Nc1ccccc1.c1cc2ccc1-2. The average Bonchev–Trinajstić information content (AvgIpc) is 2.37. The summed E-state index contributed by atoms with van der Waals surface area (Å²) in [6.45, 7) is 2.66. The maximum absolute atomic E-state index is 9.18. The van der Waals surface area contributed by atoms with Crippen LogP contribution in [0.4, 0.5) is 5.69 Å². The Morgan fingerprint density at radius 1 is 1.00 bits per heavy atom. The quantitative estimate of drug-likeness (QED) is 0.555. The van der Waals surface area contributed by atoms with Gasteiger partial charge in [-0.1, -0.05) is 42.5 Å². The van der Waals surface area contributed by atoms with Crippen molar-refractivity contribution in [3.8, 4) is 11.1 Å². The van der Waals surface area contributed by atoms with Gasteiger partial charge < -0.3 is 10.5 Å². The molecule has 0 spiro atoms. The Hall–Kier alpha value is -2.29. The van der Waals surface area contributed by atoms with Crippen molar-refractivity contribution in [3.05, 3.63) is 54.6 Å². The highest BCUT2D eigenvalue weighted by molar-refractivity contribution is 5.75. The molecule has 1 aromatic carbocycles. The van der Waals surface area contributed by atoms with Gasteiger partial charge in [0.25, 0.3) is 6.47 Å². The van der Waals surface area contributed by atoms with Gasteiger partial charge in [-0.25, -0.2) is 0 Å². The molecule has 0 saturated carbocycles. The molecule has 3 heteroatoms. The summed E-state index contributed by atoms with van der Waals surface area (Å²) in [7, 11) is 0. The van der Waals surface area contributed by atoms with Crippen molar-refractivity contribution in [2.45, 2.75) is 6.92 Å². The standard InChI is InChI=1S/C6H7N.C6H4.C3H6O2/c7-6-4-2-1-3-5-6;1-2-6-4-3-5(1)6;1-2-5-3-4/h1-5H,7H2;1-4H;3H,2H2,1H3. The molecule has 0 aliphatic heterocycles. The van der Waals surface area contributed by atoms with Crippen LogP contribution >= 0.6 is 0 Å². The van der Waals surface area contributed by atoms with Crippen molar-refractivity contribution in [1.29, 1.82) is 0 Å². The zero-order valence-corrected chi connectivity index (χ0v) is 10.4. The van der Waals surface area contributed by atoms with Crippen LogP contribution in [-0.4, -0.2) is 13.1 Å². The van der Waals surface area contributed by atoms with Gasteiger partial charge in [0, 0.05) is 5.69 Å². The van der Waals surface area contributed by atoms with E-state index in [1.165, 1.54) is 11.1 Å². The molecule has 3 rings (SSSR count). The highest BCUT2D eigenvalue weighted by Gasteiger charge is 2.03. The first-order valence-corrected chi connectivity index (χ1v) is 5.74. The molecular weight excluding hydrogens is 226 g/mol. The minimum absolute atomic E-state index is 0.431. The lowest BCUT2D eigenvalue weighted by atomic mass is 9.95. The van der Waals surface area contributed by atoms with E-state index in [9.17, 15) is 4.79 Å². The van der Waals surface area contributed by atoms with Gasteiger partial charge in [0.15, 0.2) is 0 Å². The number of rotatable bonds is 2. The van der Waals surface area contributed by atoms with Gasteiger partial charge in [-0.3, -0.25) is 4.79 Å². The molecule has 0 aromatic heterocycles. The second kappa shape index (κ2) is 7.90. The Morgan fingerprint density at radius 2 is 1.50 bits per heavy atom. The van der Waals surface area contributed by atoms with Crippen LogP contribution in [0, 0.1) is 0 Å². The van der Waals surface area contributed by atoms with Crippen molar-refractivity contribution < 1.29 is 9.53 Å². The normalized spacial score (nSPS) is 8.94. The highest BCUT2D eigenvalue weighted by atomic mass is 16.5. The number of nitrogens with two attached hydrogens (primary N) is 1. The Bertz CT molecular complexity index is 431. The third kappa shape index (κ3) is 4.70. The lowest BCUT2D eigenvalue weighted by Gasteiger charge is -2.10. The maximum Gasteiger partial charge on any atom is 0.293 e. The lowest BCUT2D eigenvalue weighted by Crippen LogP contribution is -1.85. The molecular formula is C15H17NO2. The molecule has 0 heterocycles. The van der Waals surface area contributed by atoms with Gasteiger partial charge in [-0.15, -0.1) is 0 Å². The molecule has 94 valence electrons. The fourth-order valence-electron chi connectivity index (χ4n) is 1.18. The summed E-state index contributed by atoms with van der Waals surface area (Å²) in [5.74, 6) is 0. The number of hydrogen-bond acceptors (Lipinski definition) is 3. The largest absolute Gasteiger partial charge is 0.468 e. The van der Waals surface area contributed by atoms with E-state index in [-0.39, 0.29) is 0 Å². The van der Waals surface area contributed by atoms with Crippen molar-refractivity contribution in [2.75, 3.05) is 12.3 Å². The molecule has 2 aliphatic carbocycles. The zero-order chi connectivity index (χ0) is 13.2. The van der Waals surface area contributed by atoms with E-state index in [0.717, 1.165) is 5.69 Å². The van der Waals surface area contributed by atoms with Gasteiger partial charge in [0.05, 0.1) is 6.61 Å². The third-order valence-electron chi connectivity index (χ3n) is 2.25. The minimum atomic E-state index is 0.431. The lowest BCUT2D eigenvalue weighted by molar-refractivity contribution is -0.128. The number of benzene rings is 2. The van der Waals surface area contributed by atoms with Crippen LogP contribution in [-0.2, 0) is 9.53 Å². The van der Waals surface area contributed by atoms with Crippen molar-refractivity contribution >= 4 is 12.2 Å². The number of para-hydroxylation sites is 1. The molecule has 0 bridgehead atoms. The predicted molar refractivity (Wildman–Crippen MR) is 74.0 cm³/mol. The van der Waals surface area contributed by atoms with Gasteiger partial charge in [-0.2, -0.15) is 0 Å². The van der Waals surface area contributed by atoms with Crippen LogP contribution in [0.5, 0.6) is 0 Å². The van der Waals surface area contributed by atoms with Crippen molar-refractivity contribution in [1.82, 2.24) is 0 Å². The summed E-state index contributed by atoms with van der Waals surface area (Å²) in [5.41, 5.74) is 9.03. The molecule has 0 radical (unpaired) electrons. The van der Waals surface area contributed by atoms with Crippen LogP contribution in [0.15, 0.2) is 54.6 Å². The Labute approximate surface area is 107 Å². The Kier molecular flexibility index (Phi) is 6.04. The van der Waals surface area contributed by atoms with E-state index in [2.05, 4.69) is 29.0 Å². The summed E-state index contributed by atoms with van der Waals surface area (Å²) in [4.78, 5) is 9.18. The van der Waals surface area contributed by atoms with Crippen molar-refractivity contribution in [2.24, 2.45) is 0 Å². The average molecular weight is 243 g/mol. The van der Waals surface area contributed by atoms with Crippen molar-refractivity contribution in [3.63, 3.8) is 0 Å². The molecule has 1 aromatic rings. The molecule has 0 saturated heterocycles. The number of hydrogen-bond donors (Lipinski definition) is 1. The first-order valence-electron chi connectivity index (χ1n) is 5.74. The monoisotopic (exact) mass is 243 g/mol. The molecule has 0 atom stereocenters. The second-order valence-electron chi connectivity index (χ2n) is 3.54. The molecule has 0 fully saturated rings. The highest BCUT2D eigenvalue weighted by Crippen LogP contribution is 2.29. The summed E-state index contributed by atoms with van der Waals surface area (Å²) in [6, 6.07) is 18.0. The van der Waals surface area contributed by atoms with Crippen LogP contribution in [0.2, 0.25) is 0 Å². The van der Waals surface area contributed by atoms with E-state index in [1.54, 1.807) is 6.92 Å². The van der Waals surface area contributed by atoms with Crippen LogP contribution in [0.25, 0.3) is 11.1 Å². The smallest absolute Gasteiger partial charge is 0.293 e. The van der Waals surface area contributed by atoms with E-state index in [4.69, 9.17) is 5.73 Å². The van der Waals surface area contributed by atoms with Gasteiger partial charge in [0.2, 0.25) is 0 Å². The number of ether oxygens (including phenoxy) is 1. The van der Waals surface area contributed by atoms with E-state index in [1.807, 2.05) is 30.3 Å². The minimum Gasteiger partial charge on any atom is -0.468 e.